The van der Waals surface area contributed by atoms with E-state index < -0.39 is 6.43 Å². The predicted octanol–water partition coefficient (Wildman–Crippen LogP) is 1.87. The maximum Gasteiger partial charge on any atom is 0.322 e. The van der Waals surface area contributed by atoms with Crippen LogP contribution in [0.25, 0.3) is 0 Å². The summed E-state index contributed by atoms with van der Waals surface area (Å²) in [5.74, 6) is 0. The van der Waals surface area contributed by atoms with E-state index in [0.29, 0.717) is 31.2 Å². The van der Waals surface area contributed by atoms with Gasteiger partial charge in [0.05, 0.1) is 12.2 Å². The molecule has 0 aromatic carbocycles. The number of hydrogen-bond donors (Lipinski definition) is 1. The van der Waals surface area contributed by atoms with E-state index in [2.05, 4.69) is 9.69 Å². The van der Waals surface area contributed by atoms with Crippen LogP contribution in [0.15, 0.2) is 6.07 Å². The Labute approximate surface area is 114 Å². The van der Waals surface area contributed by atoms with E-state index in [9.17, 15) is 13.6 Å². The van der Waals surface area contributed by atoms with Crippen molar-refractivity contribution in [1.29, 1.82) is 0 Å². The van der Waals surface area contributed by atoms with Crippen LogP contribution in [0.1, 0.15) is 5.69 Å². The number of halogens is 2. The van der Waals surface area contributed by atoms with Gasteiger partial charge in [0.15, 0.2) is 0 Å². The highest BCUT2D eigenvalue weighted by Crippen LogP contribution is 2.16. The summed E-state index contributed by atoms with van der Waals surface area (Å²) in [6.07, 6.45) is -2.32. The van der Waals surface area contributed by atoms with E-state index in [-0.39, 0.29) is 12.6 Å². The maximum atomic E-state index is 12.2. The number of alkyl halides is 2. The number of piperazine rings is 1. The third-order valence-corrected chi connectivity index (χ3v) is 3.71. The lowest BCUT2D eigenvalue weighted by Crippen LogP contribution is -2.50. The standard InChI is InChI=1S/C11H16F2N4OS/c1-8-6-10(19-15-8)14-11(18)17-4-2-16(3-5-17)7-9(12)13/h6,9H,2-5,7H2,1H3,(H,14,18). The molecule has 8 heteroatoms. The van der Waals surface area contributed by atoms with E-state index in [1.54, 1.807) is 15.9 Å². The molecule has 1 aromatic rings. The first-order chi connectivity index (χ1) is 9.04. The van der Waals surface area contributed by atoms with Crippen LogP contribution in [-0.2, 0) is 0 Å². The molecule has 0 bridgehead atoms. The number of nitrogens with one attached hydrogen (secondary N) is 1. The molecular formula is C11H16F2N4OS. The number of aryl methyl sites for hydroxylation is 1. The fourth-order valence-corrected chi connectivity index (χ4v) is 2.59. The predicted molar refractivity (Wildman–Crippen MR) is 69.9 cm³/mol. The number of aromatic nitrogens is 1. The quantitative estimate of drug-likeness (QED) is 0.924. The summed E-state index contributed by atoms with van der Waals surface area (Å²) in [4.78, 5) is 15.2. The van der Waals surface area contributed by atoms with Crippen molar-refractivity contribution < 1.29 is 13.6 Å². The lowest BCUT2D eigenvalue weighted by Gasteiger charge is -2.34. The van der Waals surface area contributed by atoms with Crippen molar-refractivity contribution >= 4 is 22.6 Å². The van der Waals surface area contributed by atoms with Gasteiger partial charge in [-0.1, -0.05) is 0 Å². The van der Waals surface area contributed by atoms with Crippen molar-refractivity contribution in [3.8, 4) is 0 Å². The molecule has 0 spiro atoms. The number of urea groups is 1. The molecule has 1 fully saturated rings. The molecule has 0 aliphatic carbocycles. The summed E-state index contributed by atoms with van der Waals surface area (Å²) in [6.45, 7) is 3.55. The summed E-state index contributed by atoms with van der Waals surface area (Å²) in [5.41, 5.74) is 0.863. The molecule has 1 aliphatic heterocycles. The Morgan fingerprint density at radius 2 is 2.16 bits per heavy atom. The van der Waals surface area contributed by atoms with Crippen molar-refractivity contribution in [3.63, 3.8) is 0 Å². The van der Waals surface area contributed by atoms with Gasteiger partial charge in [0.25, 0.3) is 6.43 Å². The Morgan fingerprint density at radius 1 is 1.47 bits per heavy atom. The van der Waals surface area contributed by atoms with Crippen LogP contribution >= 0.6 is 11.5 Å². The first-order valence-electron chi connectivity index (χ1n) is 6.04. The number of rotatable bonds is 3. The highest BCUT2D eigenvalue weighted by molar-refractivity contribution is 7.10. The molecule has 1 saturated heterocycles. The molecule has 0 radical (unpaired) electrons. The van der Waals surface area contributed by atoms with Crippen molar-refractivity contribution in [2.24, 2.45) is 0 Å². The van der Waals surface area contributed by atoms with E-state index >= 15 is 0 Å². The Balaban J connectivity index is 1.79. The molecule has 2 heterocycles. The van der Waals surface area contributed by atoms with Gasteiger partial charge in [-0.05, 0) is 24.5 Å². The van der Waals surface area contributed by atoms with E-state index in [1.165, 1.54) is 11.5 Å². The minimum absolute atomic E-state index is 0.194. The summed E-state index contributed by atoms with van der Waals surface area (Å²) < 4.78 is 28.5. The lowest BCUT2D eigenvalue weighted by molar-refractivity contribution is 0.0651. The second-order valence-electron chi connectivity index (χ2n) is 4.44. The first kappa shape index (κ1) is 14.1. The molecule has 0 atom stereocenters. The van der Waals surface area contributed by atoms with Gasteiger partial charge in [-0.3, -0.25) is 10.2 Å². The Morgan fingerprint density at radius 3 is 2.68 bits per heavy atom. The third-order valence-electron chi connectivity index (χ3n) is 2.91. The molecule has 1 N–H and O–H groups in total. The second-order valence-corrected chi connectivity index (χ2v) is 5.25. The number of hydrogen-bond acceptors (Lipinski definition) is 4. The van der Waals surface area contributed by atoms with Crippen LogP contribution in [0.4, 0.5) is 18.6 Å². The number of nitrogens with zero attached hydrogens (tertiary/aromatic N) is 3. The van der Waals surface area contributed by atoms with Crippen LogP contribution in [0.5, 0.6) is 0 Å². The van der Waals surface area contributed by atoms with Gasteiger partial charge in [-0.25, -0.2) is 13.6 Å². The average Bonchev–Trinajstić information content (AvgIpc) is 2.75. The van der Waals surface area contributed by atoms with Gasteiger partial charge < -0.3 is 4.90 Å². The van der Waals surface area contributed by atoms with Crippen LogP contribution in [0, 0.1) is 6.92 Å². The Kier molecular flexibility index (Phi) is 4.65. The Hall–Kier alpha value is -1.28. The van der Waals surface area contributed by atoms with E-state index in [4.69, 9.17) is 0 Å². The number of anilines is 1. The monoisotopic (exact) mass is 290 g/mol. The Bertz CT molecular complexity index is 432. The maximum absolute atomic E-state index is 12.2. The van der Waals surface area contributed by atoms with E-state index in [1.807, 2.05) is 6.92 Å². The lowest BCUT2D eigenvalue weighted by atomic mass is 10.3. The smallest absolute Gasteiger partial charge is 0.322 e. The molecule has 2 amide bonds. The molecule has 106 valence electrons. The van der Waals surface area contributed by atoms with Crippen LogP contribution in [-0.4, -0.2) is 59.4 Å². The highest BCUT2D eigenvalue weighted by atomic mass is 32.1. The molecule has 1 aromatic heterocycles. The zero-order valence-corrected chi connectivity index (χ0v) is 11.4. The molecule has 0 unspecified atom stereocenters. The zero-order chi connectivity index (χ0) is 13.8. The SMILES string of the molecule is Cc1cc(NC(=O)N2CCN(CC(F)F)CC2)sn1. The minimum Gasteiger partial charge on any atom is -0.322 e. The third kappa shape index (κ3) is 4.10. The molecule has 19 heavy (non-hydrogen) atoms. The second kappa shape index (κ2) is 6.25. The van der Waals surface area contributed by atoms with Gasteiger partial charge >= 0.3 is 6.03 Å². The fraction of sp³-hybridized carbons (Fsp3) is 0.636. The summed E-state index contributed by atoms with van der Waals surface area (Å²) in [7, 11) is 0. The topological polar surface area (TPSA) is 48.5 Å². The molecule has 2 rings (SSSR count). The highest BCUT2D eigenvalue weighted by Gasteiger charge is 2.23. The average molecular weight is 290 g/mol. The van der Waals surface area contributed by atoms with Crippen LogP contribution < -0.4 is 5.32 Å². The molecule has 1 aliphatic rings. The summed E-state index contributed by atoms with van der Waals surface area (Å²) >= 11 is 1.23. The first-order valence-corrected chi connectivity index (χ1v) is 6.81. The largest absolute Gasteiger partial charge is 0.322 e. The van der Waals surface area contributed by atoms with Gasteiger partial charge in [-0.15, -0.1) is 0 Å². The molecule has 0 saturated carbocycles. The van der Waals surface area contributed by atoms with Gasteiger partial charge in [0.1, 0.15) is 5.00 Å². The normalized spacial score (nSPS) is 16.9. The van der Waals surface area contributed by atoms with Crippen molar-refractivity contribution in [2.45, 2.75) is 13.3 Å². The van der Waals surface area contributed by atoms with E-state index in [0.717, 1.165) is 5.69 Å². The van der Waals surface area contributed by atoms with Crippen molar-refractivity contribution in [3.05, 3.63) is 11.8 Å². The van der Waals surface area contributed by atoms with Crippen LogP contribution in [0.3, 0.4) is 0 Å². The molecular weight excluding hydrogens is 274 g/mol. The van der Waals surface area contributed by atoms with Gasteiger partial charge in [0, 0.05) is 26.2 Å². The van der Waals surface area contributed by atoms with Crippen molar-refractivity contribution in [1.82, 2.24) is 14.2 Å². The fourth-order valence-electron chi connectivity index (χ4n) is 1.94. The van der Waals surface area contributed by atoms with Crippen LogP contribution in [0.2, 0.25) is 0 Å². The molecule has 5 nitrogen and oxygen atoms in total. The number of amides is 2. The summed E-state index contributed by atoms with van der Waals surface area (Å²) in [5, 5.41) is 3.47. The summed E-state index contributed by atoms with van der Waals surface area (Å²) in [6, 6.07) is 1.61. The van der Waals surface area contributed by atoms with Gasteiger partial charge in [-0.2, -0.15) is 4.37 Å². The number of carbonyl (C=O) groups excluding carboxylic acids is 1. The minimum atomic E-state index is -2.32. The number of carbonyl (C=O) groups is 1. The zero-order valence-electron chi connectivity index (χ0n) is 10.6. The van der Waals surface area contributed by atoms with Crippen molar-refractivity contribution in [2.75, 3.05) is 38.0 Å². The van der Waals surface area contributed by atoms with Gasteiger partial charge in [0.2, 0.25) is 0 Å².